The van der Waals surface area contributed by atoms with Gasteiger partial charge < -0.3 is 5.32 Å². The Morgan fingerprint density at radius 1 is 0.958 bits per heavy atom. The van der Waals surface area contributed by atoms with Crippen LogP contribution in [0.4, 0.5) is 39.5 Å². The van der Waals surface area contributed by atoms with Crippen LogP contribution in [-0.2, 0) is 9.53 Å². The summed E-state index contributed by atoms with van der Waals surface area (Å²) in [4.78, 5) is 11.2. The summed E-state index contributed by atoms with van der Waals surface area (Å²) < 4.78 is 121. The van der Waals surface area contributed by atoms with E-state index in [1.54, 1.807) is 6.92 Å². The van der Waals surface area contributed by atoms with Crippen molar-refractivity contribution in [2.24, 2.45) is 0 Å². The molecule has 1 aliphatic rings. The first-order chi connectivity index (χ1) is 10.7. The molecule has 12 heteroatoms. The topological polar surface area (TPSA) is 38.3 Å². The van der Waals surface area contributed by atoms with Gasteiger partial charge in [-0.1, -0.05) is 26.2 Å². The molecule has 0 saturated carbocycles. The fourth-order valence-corrected chi connectivity index (χ4v) is 1.96. The lowest BCUT2D eigenvalue weighted by molar-refractivity contribution is -0.367. The molecule has 3 nitrogen and oxygen atoms in total. The number of nitrogens with one attached hydrogen (secondary N) is 1. The molecule has 1 heterocycles. The first-order valence-corrected chi connectivity index (χ1v) is 6.87. The number of carbonyl (C=O) groups is 1. The van der Waals surface area contributed by atoms with E-state index in [9.17, 15) is 44.3 Å². The molecule has 1 fully saturated rings. The Labute approximate surface area is 130 Å². The summed E-state index contributed by atoms with van der Waals surface area (Å²) in [5.74, 6) is -28.2. The number of rotatable bonds is 7. The van der Waals surface area contributed by atoms with Gasteiger partial charge in [0.2, 0.25) is 0 Å². The van der Waals surface area contributed by atoms with E-state index in [4.69, 9.17) is 0 Å². The summed E-state index contributed by atoms with van der Waals surface area (Å²) in [7, 11) is 0. The van der Waals surface area contributed by atoms with E-state index in [0.717, 1.165) is 6.42 Å². The highest BCUT2D eigenvalue weighted by Gasteiger charge is 2.96. The van der Waals surface area contributed by atoms with Crippen molar-refractivity contribution in [1.29, 1.82) is 0 Å². The van der Waals surface area contributed by atoms with E-state index in [1.807, 2.05) is 0 Å². The minimum Gasteiger partial charge on any atom is -0.351 e. The Kier molecular flexibility index (Phi) is 5.44. The Hall–Kier alpha value is -1.20. The van der Waals surface area contributed by atoms with E-state index in [1.165, 1.54) is 5.32 Å². The van der Waals surface area contributed by atoms with Crippen LogP contribution in [0.2, 0.25) is 0 Å². The molecule has 0 aliphatic carbocycles. The van der Waals surface area contributed by atoms with Crippen molar-refractivity contribution in [1.82, 2.24) is 5.32 Å². The van der Waals surface area contributed by atoms with Crippen LogP contribution in [0.5, 0.6) is 0 Å². The van der Waals surface area contributed by atoms with Crippen molar-refractivity contribution in [3.05, 3.63) is 0 Å². The second kappa shape index (κ2) is 6.26. The maximum Gasteiger partial charge on any atom is 0.428 e. The highest BCUT2D eigenvalue weighted by Crippen LogP contribution is 2.64. The second-order valence-corrected chi connectivity index (χ2v) is 5.25. The van der Waals surface area contributed by atoms with Crippen LogP contribution in [0.25, 0.3) is 0 Å². The van der Waals surface area contributed by atoms with Crippen LogP contribution in [0.15, 0.2) is 0 Å². The molecule has 142 valence electrons. The van der Waals surface area contributed by atoms with Crippen LogP contribution >= 0.6 is 0 Å². The molecule has 0 bridgehead atoms. The third-order valence-electron chi connectivity index (χ3n) is 3.44. The fraction of sp³-hybridized carbons (Fsp3) is 0.917. The molecule has 1 N–H and O–H groups in total. The van der Waals surface area contributed by atoms with E-state index in [2.05, 4.69) is 4.74 Å². The lowest BCUT2D eigenvalue weighted by Crippen LogP contribution is -2.64. The van der Waals surface area contributed by atoms with Crippen LogP contribution in [-0.4, -0.2) is 42.2 Å². The smallest absolute Gasteiger partial charge is 0.351 e. The Balaban J connectivity index is 2.98. The van der Waals surface area contributed by atoms with Crippen molar-refractivity contribution < 1.29 is 49.0 Å². The molecule has 0 aromatic carbocycles. The fourth-order valence-electron chi connectivity index (χ4n) is 1.96. The normalized spacial score (nSPS) is 27.9. The standard InChI is InChI=1S/C12H14F9NO2/c1-2-3-4-5-6-22-7(23)8(13,14)11(19)9(15,16)10(17,18)12(20,21)24-11/h2-6H2,1H3,(H,22,23)/t11-/m1/s1. The first kappa shape index (κ1) is 20.8. The summed E-state index contributed by atoms with van der Waals surface area (Å²) >= 11 is 0. The first-order valence-electron chi connectivity index (χ1n) is 6.87. The van der Waals surface area contributed by atoms with Crippen molar-refractivity contribution in [2.75, 3.05) is 6.54 Å². The minimum atomic E-state index is -6.65. The number of hydrogen-bond acceptors (Lipinski definition) is 2. The number of halogens is 9. The zero-order valence-corrected chi connectivity index (χ0v) is 12.3. The number of amides is 1. The van der Waals surface area contributed by atoms with Gasteiger partial charge in [0, 0.05) is 6.54 Å². The maximum absolute atomic E-state index is 13.8. The molecule has 1 saturated heterocycles. The molecular formula is C12H14F9NO2. The van der Waals surface area contributed by atoms with E-state index >= 15 is 0 Å². The molecular weight excluding hydrogens is 361 g/mol. The summed E-state index contributed by atoms with van der Waals surface area (Å²) in [5, 5.41) is 1.34. The van der Waals surface area contributed by atoms with Gasteiger partial charge in [0.15, 0.2) is 0 Å². The highest BCUT2D eigenvalue weighted by molar-refractivity contribution is 5.85. The van der Waals surface area contributed by atoms with Crippen molar-refractivity contribution in [2.45, 2.75) is 62.3 Å². The molecule has 0 aromatic rings. The SMILES string of the molecule is CCCCCCNC(=O)C(F)(F)[C@@]1(F)OC(F)(F)C(F)(F)C1(F)F. The predicted molar refractivity (Wildman–Crippen MR) is 61.9 cm³/mol. The molecule has 1 amide bonds. The predicted octanol–water partition coefficient (Wildman–Crippen LogP) is 3.88. The lowest BCUT2D eigenvalue weighted by atomic mass is 9.99. The van der Waals surface area contributed by atoms with Gasteiger partial charge >= 0.3 is 29.7 Å². The van der Waals surface area contributed by atoms with Gasteiger partial charge in [-0.05, 0) is 6.42 Å². The van der Waals surface area contributed by atoms with Crippen LogP contribution < -0.4 is 5.32 Å². The van der Waals surface area contributed by atoms with Crippen LogP contribution in [0.1, 0.15) is 32.6 Å². The summed E-state index contributed by atoms with van der Waals surface area (Å²) in [6.45, 7) is 1.29. The zero-order valence-electron chi connectivity index (χ0n) is 12.3. The van der Waals surface area contributed by atoms with Gasteiger partial charge in [0.25, 0.3) is 5.91 Å². The molecule has 0 spiro atoms. The van der Waals surface area contributed by atoms with Crippen LogP contribution in [0, 0.1) is 0 Å². The largest absolute Gasteiger partial charge is 0.428 e. The number of ether oxygens (including phenoxy) is 1. The van der Waals surface area contributed by atoms with Gasteiger partial charge in [-0.25, -0.2) is 0 Å². The third kappa shape index (κ3) is 2.82. The minimum absolute atomic E-state index is 0.110. The van der Waals surface area contributed by atoms with Gasteiger partial charge in [0.05, 0.1) is 0 Å². The summed E-state index contributed by atoms with van der Waals surface area (Å²) in [5.41, 5.74) is 0. The molecule has 0 aromatic heterocycles. The number of carbonyl (C=O) groups excluding carboxylic acids is 1. The van der Waals surface area contributed by atoms with E-state index in [-0.39, 0.29) is 6.42 Å². The lowest BCUT2D eigenvalue weighted by Gasteiger charge is -2.31. The number of alkyl halides is 9. The van der Waals surface area contributed by atoms with E-state index < -0.39 is 42.2 Å². The molecule has 1 atom stereocenters. The maximum atomic E-state index is 13.8. The monoisotopic (exact) mass is 375 g/mol. The molecule has 1 aliphatic heterocycles. The zero-order chi connectivity index (χ0) is 19.0. The number of hydrogen-bond donors (Lipinski definition) is 1. The quantitative estimate of drug-likeness (QED) is 0.542. The Morgan fingerprint density at radius 2 is 1.50 bits per heavy atom. The highest BCUT2D eigenvalue weighted by atomic mass is 19.4. The van der Waals surface area contributed by atoms with E-state index in [0.29, 0.717) is 12.8 Å². The number of unbranched alkanes of at least 4 members (excludes halogenated alkanes) is 3. The van der Waals surface area contributed by atoms with Crippen molar-refractivity contribution >= 4 is 5.91 Å². The Morgan fingerprint density at radius 3 is 1.92 bits per heavy atom. The van der Waals surface area contributed by atoms with Gasteiger partial charge in [-0.15, -0.1) is 0 Å². The van der Waals surface area contributed by atoms with Gasteiger partial charge in [-0.3, -0.25) is 9.53 Å². The van der Waals surface area contributed by atoms with Gasteiger partial charge in [0.1, 0.15) is 0 Å². The summed E-state index contributed by atoms with van der Waals surface area (Å²) in [6.07, 6.45) is -4.28. The summed E-state index contributed by atoms with van der Waals surface area (Å²) in [6, 6.07) is 0. The third-order valence-corrected chi connectivity index (χ3v) is 3.44. The van der Waals surface area contributed by atoms with Gasteiger partial charge in [-0.2, -0.15) is 39.5 Å². The van der Waals surface area contributed by atoms with Crippen LogP contribution in [0.3, 0.4) is 0 Å². The van der Waals surface area contributed by atoms with Crippen molar-refractivity contribution in [3.63, 3.8) is 0 Å². The molecule has 0 radical (unpaired) electrons. The second-order valence-electron chi connectivity index (χ2n) is 5.25. The average molecular weight is 375 g/mol. The molecule has 1 rings (SSSR count). The Bertz CT molecular complexity index is 483. The average Bonchev–Trinajstić information content (AvgIpc) is 2.54. The molecule has 0 unspecified atom stereocenters. The molecule has 24 heavy (non-hydrogen) atoms. The van der Waals surface area contributed by atoms with Crippen molar-refractivity contribution in [3.8, 4) is 0 Å².